The molecule has 0 aromatic heterocycles. The molecule has 2 aliphatic rings. The van der Waals surface area contributed by atoms with Crippen LogP contribution in [0.2, 0.25) is 0 Å². The van der Waals surface area contributed by atoms with Crippen LogP contribution >= 0.6 is 0 Å². The Kier molecular flexibility index (Phi) is 5.15. The van der Waals surface area contributed by atoms with E-state index in [1.54, 1.807) is 0 Å². The molecule has 1 N–H and O–H groups in total. The van der Waals surface area contributed by atoms with Crippen LogP contribution in [0.25, 0.3) is 0 Å². The third-order valence-electron chi connectivity index (χ3n) is 5.25. The topological polar surface area (TPSA) is 63.6 Å². The van der Waals surface area contributed by atoms with Gasteiger partial charge in [0.25, 0.3) is 5.60 Å². The van der Waals surface area contributed by atoms with E-state index in [1.165, 1.54) is 0 Å². The van der Waals surface area contributed by atoms with Crippen LogP contribution in [0.3, 0.4) is 0 Å². The molecule has 0 saturated heterocycles. The predicted octanol–water partition coefficient (Wildman–Crippen LogP) is 3.17. The highest BCUT2D eigenvalue weighted by Gasteiger charge is 2.71. The predicted molar refractivity (Wildman–Crippen MR) is 71.2 cm³/mol. The molecule has 0 heterocycles. The molecule has 2 saturated carbocycles. The summed E-state index contributed by atoms with van der Waals surface area (Å²) < 4.78 is 82.4. The fourth-order valence-electron chi connectivity index (χ4n) is 3.93. The van der Waals surface area contributed by atoms with E-state index in [4.69, 9.17) is 0 Å². The average Bonchev–Trinajstić information content (AvgIpc) is 3.06. The van der Waals surface area contributed by atoms with Crippen molar-refractivity contribution >= 4 is 11.8 Å². The highest BCUT2D eigenvalue weighted by atomic mass is 19.4. The van der Waals surface area contributed by atoms with Gasteiger partial charge in [0, 0.05) is 13.3 Å². The molecule has 0 aromatic carbocycles. The van der Waals surface area contributed by atoms with Crippen LogP contribution in [0.5, 0.6) is 0 Å². The zero-order valence-corrected chi connectivity index (χ0v) is 13.3. The fourth-order valence-corrected chi connectivity index (χ4v) is 3.93. The third kappa shape index (κ3) is 3.78. The number of ketones is 1. The van der Waals surface area contributed by atoms with Gasteiger partial charge < -0.3 is 9.84 Å². The van der Waals surface area contributed by atoms with Crippen LogP contribution in [0.1, 0.15) is 39.0 Å². The Balaban J connectivity index is 2.31. The first-order valence-corrected chi connectivity index (χ1v) is 7.83. The number of Topliss-reactive ketones (excluding diaryl/α,β-unsaturated/α-hetero) is 1. The van der Waals surface area contributed by atoms with Gasteiger partial charge in [-0.2, -0.15) is 26.3 Å². The summed E-state index contributed by atoms with van der Waals surface area (Å²) in [6, 6.07) is 0. The van der Waals surface area contributed by atoms with E-state index in [0.717, 1.165) is 13.3 Å². The van der Waals surface area contributed by atoms with Crippen molar-refractivity contribution in [3.8, 4) is 0 Å². The van der Waals surface area contributed by atoms with Gasteiger partial charge in [0.15, 0.2) is 0 Å². The van der Waals surface area contributed by atoms with E-state index in [9.17, 15) is 41.0 Å². The quantitative estimate of drug-likeness (QED) is 0.455. The number of alkyl halides is 6. The second kappa shape index (κ2) is 6.44. The lowest BCUT2D eigenvalue weighted by molar-refractivity contribution is -0.375. The van der Waals surface area contributed by atoms with E-state index < -0.39 is 48.1 Å². The molecule has 2 fully saturated rings. The number of esters is 1. The summed E-state index contributed by atoms with van der Waals surface area (Å²) in [4.78, 5) is 22.5. The molecule has 2 aliphatic carbocycles. The summed E-state index contributed by atoms with van der Waals surface area (Å²) in [6.07, 6.45) is -13.3. The van der Waals surface area contributed by atoms with E-state index in [1.807, 2.05) is 0 Å². The summed E-state index contributed by atoms with van der Waals surface area (Å²) >= 11 is 0. The van der Waals surface area contributed by atoms with Gasteiger partial charge in [-0.15, -0.1) is 0 Å². The van der Waals surface area contributed by atoms with Gasteiger partial charge in [0.2, 0.25) is 5.78 Å². The zero-order chi connectivity index (χ0) is 19.2. The molecular weight excluding hydrogens is 358 g/mol. The van der Waals surface area contributed by atoms with E-state index in [0.29, 0.717) is 19.3 Å². The molecule has 4 atom stereocenters. The van der Waals surface area contributed by atoms with Gasteiger partial charge in [-0.25, -0.2) is 4.79 Å². The van der Waals surface area contributed by atoms with Crippen LogP contribution in [0.15, 0.2) is 0 Å². The maximum atomic E-state index is 13.0. The Morgan fingerprint density at radius 3 is 2.00 bits per heavy atom. The summed E-state index contributed by atoms with van der Waals surface area (Å²) in [5.74, 6) is -3.40. The number of rotatable bonds is 5. The van der Waals surface area contributed by atoms with Crippen molar-refractivity contribution in [3.05, 3.63) is 0 Å². The number of fused-ring (bicyclic) bond motifs is 2. The standard InChI is InChI=1S/C15H18F6O4/c1-7(22)12(23)25-11(10-5-8-2-3-9(10)4-8)6-13(24,14(16,17)18)15(19,20)21/h8-11,24H,2-6H2,1H3. The molecule has 0 spiro atoms. The number of hydrogen-bond donors (Lipinski definition) is 1. The number of hydrogen-bond acceptors (Lipinski definition) is 4. The number of ether oxygens (including phenoxy) is 1. The molecule has 4 unspecified atom stereocenters. The van der Waals surface area contributed by atoms with E-state index in [2.05, 4.69) is 4.74 Å². The molecule has 4 nitrogen and oxygen atoms in total. The maximum Gasteiger partial charge on any atom is 0.426 e. The van der Waals surface area contributed by atoms with Crippen molar-refractivity contribution < 1.29 is 45.8 Å². The van der Waals surface area contributed by atoms with Crippen LogP contribution in [0.4, 0.5) is 26.3 Å². The Hall–Kier alpha value is -1.32. The number of carbonyl (C=O) groups is 2. The Morgan fingerprint density at radius 2 is 1.64 bits per heavy atom. The summed E-state index contributed by atoms with van der Waals surface area (Å²) in [7, 11) is 0. The molecule has 25 heavy (non-hydrogen) atoms. The molecule has 2 rings (SSSR count). The van der Waals surface area contributed by atoms with Crippen molar-refractivity contribution in [1.82, 2.24) is 0 Å². The lowest BCUT2D eigenvalue weighted by Gasteiger charge is -2.38. The summed E-state index contributed by atoms with van der Waals surface area (Å²) in [5.41, 5.74) is -5.01. The highest BCUT2D eigenvalue weighted by Crippen LogP contribution is 2.53. The second-order valence-electron chi connectivity index (χ2n) is 6.90. The van der Waals surface area contributed by atoms with Crippen molar-refractivity contribution in [2.45, 2.75) is 63.1 Å². The molecule has 0 amide bonds. The van der Waals surface area contributed by atoms with Crippen LogP contribution in [0, 0.1) is 17.8 Å². The molecule has 0 radical (unpaired) electrons. The first kappa shape index (κ1) is 20.0. The maximum absolute atomic E-state index is 13.0. The van der Waals surface area contributed by atoms with Gasteiger partial charge in [-0.1, -0.05) is 6.42 Å². The van der Waals surface area contributed by atoms with Gasteiger partial charge in [0.1, 0.15) is 6.10 Å². The summed E-state index contributed by atoms with van der Waals surface area (Å²) in [6.45, 7) is 0.805. The molecule has 0 aromatic rings. The third-order valence-corrected chi connectivity index (χ3v) is 5.25. The smallest absolute Gasteiger partial charge is 0.426 e. The Bertz CT molecular complexity index is 527. The number of carbonyl (C=O) groups excluding carboxylic acids is 2. The van der Waals surface area contributed by atoms with Crippen LogP contribution in [-0.2, 0) is 14.3 Å². The number of aliphatic hydroxyl groups is 1. The highest BCUT2D eigenvalue weighted by molar-refractivity contribution is 6.32. The van der Waals surface area contributed by atoms with Gasteiger partial charge >= 0.3 is 18.3 Å². The normalized spacial score (nSPS) is 28.1. The van der Waals surface area contributed by atoms with E-state index in [-0.39, 0.29) is 11.8 Å². The average molecular weight is 376 g/mol. The SMILES string of the molecule is CC(=O)C(=O)OC(CC(O)(C(F)(F)F)C(F)(F)F)C1CC2CCC1C2. The monoisotopic (exact) mass is 376 g/mol. The van der Waals surface area contributed by atoms with Crippen LogP contribution in [-0.4, -0.2) is 40.9 Å². The van der Waals surface area contributed by atoms with Gasteiger partial charge in [-0.05, 0) is 37.0 Å². The molecular formula is C15H18F6O4. The van der Waals surface area contributed by atoms with Crippen molar-refractivity contribution in [2.75, 3.05) is 0 Å². The lowest BCUT2D eigenvalue weighted by Crippen LogP contribution is -2.59. The van der Waals surface area contributed by atoms with E-state index >= 15 is 0 Å². The van der Waals surface area contributed by atoms with Crippen molar-refractivity contribution in [3.63, 3.8) is 0 Å². The molecule has 144 valence electrons. The minimum Gasteiger partial charge on any atom is -0.456 e. The Labute approximate surface area is 139 Å². The molecule has 2 bridgehead atoms. The zero-order valence-electron chi connectivity index (χ0n) is 13.3. The van der Waals surface area contributed by atoms with Gasteiger partial charge in [-0.3, -0.25) is 4.79 Å². The van der Waals surface area contributed by atoms with Crippen molar-refractivity contribution in [1.29, 1.82) is 0 Å². The lowest BCUT2D eigenvalue weighted by atomic mass is 9.79. The molecule has 10 heteroatoms. The second-order valence-corrected chi connectivity index (χ2v) is 6.90. The number of halogens is 6. The minimum atomic E-state index is -6.00. The minimum absolute atomic E-state index is 0.151. The van der Waals surface area contributed by atoms with Crippen molar-refractivity contribution in [2.24, 2.45) is 17.8 Å². The van der Waals surface area contributed by atoms with Gasteiger partial charge in [0.05, 0.1) is 0 Å². The first-order chi connectivity index (χ1) is 11.3. The first-order valence-electron chi connectivity index (χ1n) is 7.83. The summed E-state index contributed by atoms with van der Waals surface area (Å²) in [5, 5.41) is 9.41. The Morgan fingerprint density at radius 1 is 1.08 bits per heavy atom. The fraction of sp³-hybridized carbons (Fsp3) is 0.867. The molecule has 0 aliphatic heterocycles. The largest absolute Gasteiger partial charge is 0.456 e. The van der Waals surface area contributed by atoms with Crippen LogP contribution < -0.4 is 0 Å².